The Morgan fingerprint density at radius 3 is 2.60 bits per heavy atom. The van der Waals surface area contributed by atoms with Gasteiger partial charge in [-0.15, -0.1) is 0 Å². The third-order valence-corrected chi connectivity index (χ3v) is 5.78. The molecule has 0 aromatic rings. The van der Waals surface area contributed by atoms with E-state index >= 15 is 0 Å². The Bertz CT molecular complexity index is 235. The minimum Gasteiger partial charge on any atom is -0.337 e. The van der Waals surface area contributed by atoms with Crippen molar-refractivity contribution in [2.75, 3.05) is 12.3 Å². The Morgan fingerprint density at radius 1 is 1.47 bits per heavy atom. The monoisotopic (exact) mass is 293 g/mol. The number of rotatable bonds is 2. The molecule has 1 saturated heterocycles. The van der Waals surface area contributed by atoms with Crippen LogP contribution >= 0.6 is 27.7 Å². The maximum atomic E-state index is 12.2. The fraction of sp³-hybridized carbons (Fsp3) is 0.909. The first-order valence-electron chi connectivity index (χ1n) is 5.51. The second-order valence-electron chi connectivity index (χ2n) is 4.49. The number of alkyl halides is 1. The van der Waals surface area contributed by atoms with Crippen LogP contribution in [0.1, 0.15) is 27.7 Å². The average Bonchev–Trinajstić information content (AvgIpc) is 2.20. The summed E-state index contributed by atoms with van der Waals surface area (Å²) < 4.78 is 0. The first-order chi connectivity index (χ1) is 6.95. The molecule has 0 aliphatic carbocycles. The smallest absolute Gasteiger partial charge is 0.236 e. The van der Waals surface area contributed by atoms with Gasteiger partial charge in [-0.2, -0.15) is 11.8 Å². The fourth-order valence-electron chi connectivity index (χ4n) is 1.69. The summed E-state index contributed by atoms with van der Waals surface area (Å²) >= 11 is 5.45. The summed E-state index contributed by atoms with van der Waals surface area (Å²) in [7, 11) is 0. The molecule has 0 N–H and O–H groups in total. The molecule has 0 aromatic heterocycles. The fourth-order valence-corrected chi connectivity index (χ4v) is 3.05. The molecule has 0 radical (unpaired) electrons. The van der Waals surface area contributed by atoms with Crippen molar-refractivity contribution in [1.29, 1.82) is 0 Å². The van der Waals surface area contributed by atoms with Crippen LogP contribution in [0.25, 0.3) is 0 Å². The van der Waals surface area contributed by atoms with Crippen molar-refractivity contribution >= 4 is 33.6 Å². The number of amides is 1. The van der Waals surface area contributed by atoms with E-state index in [9.17, 15) is 4.79 Å². The summed E-state index contributed by atoms with van der Waals surface area (Å²) in [6.45, 7) is 9.39. The standard InChI is InChI=1S/C11H20BrNOS/c1-7(2)10(12)11(14)13-5-6-15-9(4)8(13)3/h7-10H,5-6H2,1-4H3. The van der Waals surface area contributed by atoms with Crippen molar-refractivity contribution in [1.82, 2.24) is 4.90 Å². The van der Waals surface area contributed by atoms with Crippen LogP contribution in [0.15, 0.2) is 0 Å². The Morgan fingerprint density at radius 2 is 2.07 bits per heavy atom. The second kappa shape index (κ2) is 5.58. The summed E-state index contributed by atoms with van der Waals surface area (Å²) in [6, 6.07) is 0.357. The summed E-state index contributed by atoms with van der Waals surface area (Å²) in [5.41, 5.74) is 0. The largest absolute Gasteiger partial charge is 0.337 e. The Hall–Kier alpha value is 0.300. The molecule has 88 valence electrons. The number of halogens is 1. The molecule has 0 aromatic carbocycles. The molecule has 1 fully saturated rings. The minimum atomic E-state index is -0.0322. The topological polar surface area (TPSA) is 20.3 Å². The number of carbonyl (C=O) groups excluding carboxylic acids is 1. The normalized spacial score (nSPS) is 29.3. The molecule has 0 spiro atoms. The second-order valence-corrected chi connectivity index (χ2v) is 6.97. The third-order valence-electron chi connectivity index (χ3n) is 2.99. The molecule has 0 saturated carbocycles. The van der Waals surface area contributed by atoms with Crippen molar-refractivity contribution in [2.24, 2.45) is 5.92 Å². The SMILES string of the molecule is CC(C)C(Br)C(=O)N1CCSC(C)C1C. The van der Waals surface area contributed by atoms with Crippen LogP contribution in [0.3, 0.4) is 0 Å². The molecular formula is C11H20BrNOS. The van der Waals surface area contributed by atoms with E-state index in [-0.39, 0.29) is 10.7 Å². The molecular weight excluding hydrogens is 274 g/mol. The van der Waals surface area contributed by atoms with Gasteiger partial charge in [0.2, 0.25) is 5.91 Å². The summed E-state index contributed by atoms with van der Waals surface area (Å²) in [6.07, 6.45) is 0. The van der Waals surface area contributed by atoms with Gasteiger partial charge in [-0.25, -0.2) is 0 Å². The van der Waals surface area contributed by atoms with Crippen LogP contribution in [0.4, 0.5) is 0 Å². The highest BCUT2D eigenvalue weighted by atomic mass is 79.9. The van der Waals surface area contributed by atoms with E-state index in [2.05, 4.69) is 43.6 Å². The highest BCUT2D eigenvalue weighted by Crippen LogP contribution is 2.26. The van der Waals surface area contributed by atoms with Crippen LogP contribution in [-0.2, 0) is 4.79 Å². The number of hydrogen-bond acceptors (Lipinski definition) is 2. The lowest BCUT2D eigenvalue weighted by molar-refractivity contribution is -0.133. The lowest BCUT2D eigenvalue weighted by Gasteiger charge is -2.39. The number of hydrogen-bond donors (Lipinski definition) is 0. The van der Waals surface area contributed by atoms with E-state index in [1.54, 1.807) is 0 Å². The van der Waals surface area contributed by atoms with E-state index in [4.69, 9.17) is 0 Å². The van der Waals surface area contributed by atoms with Gasteiger partial charge < -0.3 is 4.90 Å². The van der Waals surface area contributed by atoms with E-state index in [0.29, 0.717) is 17.2 Å². The summed E-state index contributed by atoms with van der Waals surface area (Å²) in [5, 5.41) is 0.551. The van der Waals surface area contributed by atoms with E-state index in [0.717, 1.165) is 12.3 Å². The van der Waals surface area contributed by atoms with Crippen LogP contribution in [0.2, 0.25) is 0 Å². The van der Waals surface area contributed by atoms with Gasteiger partial charge >= 0.3 is 0 Å². The molecule has 15 heavy (non-hydrogen) atoms. The Balaban J connectivity index is 2.66. The number of thioether (sulfide) groups is 1. The Labute approximate surface area is 105 Å². The van der Waals surface area contributed by atoms with E-state index in [1.165, 1.54) is 0 Å². The highest BCUT2D eigenvalue weighted by Gasteiger charge is 2.32. The van der Waals surface area contributed by atoms with Crippen molar-refractivity contribution in [3.05, 3.63) is 0 Å². The van der Waals surface area contributed by atoms with Gasteiger partial charge in [0, 0.05) is 23.6 Å². The van der Waals surface area contributed by atoms with E-state index in [1.807, 2.05) is 16.7 Å². The van der Waals surface area contributed by atoms with Crippen molar-refractivity contribution < 1.29 is 4.79 Å². The molecule has 1 rings (SSSR count). The molecule has 0 bridgehead atoms. The lowest BCUT2D eigenvalue weighted by Crippen LogP contribution is -2.51. The van der Waals surface area contributed by atoms with Gasteiger partial charge in [-0.3, -0.25) is 4.79 Å². The lowest BCUT2D eigenvalue weighted by atomic mass is 10.1. The van der Waals surface area contributed by atoms with Gasteiger partial charge in [-0.1, -0.05) is 36.7 Å². The first kappa shape index (κ1) is 13.4. The molecule has 1 aliphatic heterocycles. The molecule has 3 atom stereocenters. The summed E-state index contributed by atoms with van der Waals surface area (Å²) in [5.74, 6) is 1.67. The van der Waals surface area contributed by atoms with Gasteiger partial charge in [0.25, 0.3) is 0 Å². The van der Waals surface area contributed by atoms with Crippen molar-refractivity contribution in [3.63, 3.8) is 0 Å². The molecule has 4 heteroatoms. The average molecular weight is 294 g/mol. The van der Waals surface area contributed by atoms with Crippen molar-refractivity contribution in [3.8, 4) is 0 Å². The zero-order valence-corrected chi connectivity index (χ0v) is 12.3. The zero-order valence-electron chi connectivity index (χ0n) is 9.87. The van der Waals surface area contributed by atoms with Gasteiger partial charge in [-0.05, 0) is 12.8 Å². The summed E-state index contributed by atoms with van der Waals surface area (Å²) in [4.78, 5) is 14.2. The maximum absolute atomic E-state index is 12.2. The Kier molecular flexibility index (Phi) is 4.97. The van der Waals surface area contributed by atoms with Gasteiger partial charge in [0.15, 0.2) is 0 Å². The van der Waals surface area contributed by atoms with E-state index < -0.39 is 0 Å². The predicted octanol–water partition coefficient (Wildman–Crippen LogP) is 2.76. The van der Waals surface area contributed by atoms with Gasteiger partial charge in [0.1, 0.15) is 0 Å². The minimum absolute atomic E-state index is 0.0322. The maximum Gasteiger partial charge on any atom is 0.236 e. The molecule has 1 aliphatic rings. The predicted molar refractivity (Wildman–Crippen MR) is 70.6 cm³/mol. The van der Waals surface area contributed by atoms with Crippen LogP contribution in [0.5, 0.6) is 0 Å². The number of carbonyl (C=O) groups is 1. The quantitative estimate of drug-likeness (QED) is 0.730. The highest BCUT2D eigenvalue weighted by molar-refractivity contribution is 9.10. The third kappa shape index (κ3) is 3.13. The molecule has 1 amide bonds. The molecule has 3 unspecified atom stereocenters. The van der Waals surface area contributed by atoms with Crippen molar-refractivity contribution in [2.45, 2.75) is 43.8 Å². The molecule has 1 heterocycles. The zero-order chi connectivity index (χ0) is 11.6. The first-order valence-corrected chi connectivity index (χ1v) is 7.47. The van der Waals surface area contributed by atoms with Crippen LogP contribution in [0, 0.1) is 5.92 Å². The van der Waals surface area contributed by atoms with Crippen LogP contribution in [-0.4, -0.2) is 39.2 Å². The molecule has 2 nitrogen and oxygen atoms in total. The van der Waals surface area contributed by atoms with Gasteiger partial charge in [0.05, 0.1) is 4.83 Å². The van der Waals surface area contributed by atoms with Crippen LogP contribution < -0.4 is 0 Å². The number of nitrogens with zero attached hydrogens (tertiary/aromatic N) is 1.